The third-order valence-electron chi connectivity index (χ3n) is 5.30. The van der Waals surface area contributed by atoms with E-state index in [4.69, 9.17) is 14.9 Å². The fourth-order valence-electron chi connectivity index (χ4n) is 3.43. The molecule has 4 rings (SSSR count). The number of hydrogen-bond donors (Lipinski definition) is 4. The van der Waals surface area contributed by atoms with Crippen LogP contribution in [0.25, 0.3) is 0 Å². The predicted molar refractivity (Wildman–Crippen MR) is 123 cm³/mol. The van der Waals surface area contributed by atoms with Gasteiger partial charge in [-0.1, -0.05) is 12.1 Å². The molecule has 0 saturated heterocycles. The number of pyridine rings is 2. The van der Waals surface area contributed by atoms with Crippen LogP contribution in [-0.4, -0.2) is 51.8 Å². The monoisotopic (exact) mass is 501 g/mol. The number of halogens is 3. The number of carbonyl (C=O) groups is 1. The van der Waals surface area contributed by atoms with E-state index in [1.165, 1.54) is 30.6 Å². The molecule has 36 heavy (non-hydrogen) atoms. The SMILES string of the molecule is N=C(CC(O)(Nc1ccc(C(=O)NC2=CC3=C(C=CC2)OCCO3)cn1)C(F)(F)F)c1cccnc1. The number of aliphatic hydroxyl groups is 1. The van der Waals surface area contributed by atoms with Gasteiger partial charge >= 0.3 is 6.18 Å². The summed E-state index contributed by atoms with van der Waals surface area (Å²) in [4.78, 5) is 20.3. The zero-order chi connectivity index (χ0) is 25.8. The number of aromatic nitrogens is 2. The molecular weight excluding hydrogens is 479 g/mol. The van der Waals surface area contributed by atoms with Crippen molar-refractivity contribution in [3.05, 3.63) is 89.4 Å². The maximum Gasteiger partial charge on any atom is 0.436 e. The van der Waals surface area contributed by atoms with Crippen molar-refractivity contribution in [3.63, 3.8) is 0 Å². The van der Waals surface area contributed by atoms with Crippen LogP contribution in [0.3, 0.4) is 0 Å². The molecule has 0 fully saturated rings. The number of anilines is 1. The summed E-state index contributed by atoms with van der Waals surface area (Å²) in [5.41, 5.74) is -3.18. The van der Waals surface area contributed by atoms with Crippen LogP contribution < -0.4 is 10.6 Å². The molecule has 0 saturated carbocycles. The van der Waals surface area contributed by atoms with Crippen LogP contribution in [-0.2, 0) is 9.47 Å². The largest absolute Gasteiger partial charge is 0.486 e. The number of ether oxygens (including phenoxy) is 2. The van der Waals surface area contributed by atoms with Crippen LogP contribution in [0.1, 0.15) is 28.8 Å². The molecule has 2 aromatic rings. The number of carbonyl (C=O) groups excluding carboxylic acids is 1. The average Bonchev–Trinajstić information content (AvgIpc) is 3.06. The number of allylic oxidation sites excluding steroid dienone is 3. The lowest BCUT2D eigenvalue weighted by molar-refractivity contribution is -0.245. The van der Waals surface area contributed by atoms with Crippen molar-refractivity contribution >= 4 is 17.4 Å². The fourth-order valence-corrected chi connectivity index (χ4v) is 3.43. The highest BCUT2D eigenvalue weighted by Crippen LogP contribution is 2.34. The maximum atomic E-state index is 13.7. The highest BCUT2D eigenvalue weighted by molar-refractivity contribution is 5.98. The Balaban J connectivity index is 1.45. The van der Waals surface area contributed by atoms with E-state index in [1.54, 1.807) is 18.2 Å². The molecule has 2 aliphatic rings. The van der Waals surface area contributed by atoms with Crippen LogP contribution in [0.15, 0.2) is 78.3 Å². The summed E-state index contributed by atoms with van der Waals surface area (Å²) in [5, 5.41) is 23.0. The van der Waals surface area contributed by atoms with E-state index < -0.39 is 29.9 Å². The smallest absolute Gasteiger partial charge is 0.436 e. The van der Waals surface area contributed by atoms with E-state index in [2.05, 4.69) is 15.3 Å². The molecule has 0 bridgehead atoms. The first-order valence-electron chi connectivity index (χ1n) is 10.8. The first-order chi connectivity index (χ1) is 17.1. The van der Waals surface area contributed by atoms with Gasteiger partial charge in [0.1, 0.15) is 19.0 Å². The Labute approximate surface area is 203 Å². The first-order valence-corrected chi connectivity index (χ1v) is 10.8. The summed E-state index contributed by atoms with van der Waals surface area (Å²) in [7, 11) is 0. The lowest BCUT2D eigenvalue weighted by Gasteiger charge is -2.32. The Kier molecular flexibility index (Phi) is 7.06. The van der Waals surface area contributed by atoms with Gasteiger partial charge in [0, 0.05) is 54.5 Å². The quantitative estimate of drug-likeness (QED) is 0.338. The van der Waals surface area contributed by atoms with E-state index in [-0.39, 0.29) is 16.9 Å². The Morgan fingerprint density at radius 1 is 1.11 bits per heavy atom. The van der Waals surface area contributed by atoms with Gasteiger partial charge in [-0.15, -0.1) is 0 Å². The minimum Gasteiger partial charge on any atom is -0.486 e. The zero-order valence-electron chi connectivity index (χ0n) is 18.8. The van der Waals surface area contributed by atoms with E-state index in [9.17, 15) is 23.1 Å². The van der Waals surface area contributed by atoms with E-state index in [1.807, 2.05) is 5.32 Å². The predicted octanol–water partition coefficient (Wildman–Crippen LogP) is 3.43. The minimum atomic E-state index is -5.13. The van der Waals surface area contributed by atoms with E-state index >= 15 is 0 Å². The summed E-state index contributed by atoms with van der Waals surface area (Å²) in [5.74, 6) is 0.200. The zero-order valence-corrected chi connectivity index (χ0v) is 18.8. The molecule has 0 radical (unpaired) electrons. The molecule has 1 amide bonds. The number of nitrogens with one attached hydrogen (secondary N) is 3. The molecular formula is C24H22F3N5O4. The molecule has 4 N–H and O–H groups in total. The number of rotatable bonds is 7. The van der Waals surface area contributed by atoms with Crippen molar-refractivity contribution in [2.75, 3.05) is 18.5 Å². The van der Waals surface area contributed by atoms with Gasteiger partial charge in [0.05, 0.1) is 5.56 Å². The molecule has 3 heterocycles. The summed E-state index contributed by atoms with van der Waals surface area (Å²) in [6.45, 7) is 0.813. The van der Waals surface area contributed by atoms with Gasteiger partial charge in [-0.25, -0.2) is 4.98 Å². The van der Waals surface area contributed by atoms with Gasteiger partial charge in [0.25, 0.3) is 5.91 Å². The van der Waals surface area contributed by atoms with Crippen molar-refractivity contribution in [2.24, 2.45) is 0 Å². The van der Waals surface area contributed by atoms with Crippen LogP contribution in [0, 0.1) is 5.41 Å². The third kappa shape index (κ3) is 5.71. The molecule has 1 atom stereocenters. The van der Waals surface area contributed by atoms with Crippen molar-refractivity contribution in [2.45, 2.75) is 24.7 Å². The molecule has 12 heteroatoms. The molecule has 9 nitrogen and oxygen atoms in total. The fraction of sp³-hybridized carbons (Fsp3) is 0.250. The van der Waals surface area contributed by atoms with Gasteiger partial charge in [-0.05, 0) is 24.3 Å². The standard InChI is InChI=1S/C24H22F3N5O4/c25-24(26,27)23(34,12-18(28)15-3-2-8-29-13-15)32-21-7-6-16(14-30-21)22(33)31-17-4-1-5-19-20(11-17)36-10-9-35-19/h1-3,5-8,11,13-14,28,34H,4,9-10,12H2,(H,30,32)(H,31,33). The Morgan fingerprint density at radius 2 is 1.89 bits per heavy atom. The Bertz CT molecular complexity index is 1230. The second-order valence-corrected chi connectivity index (χ2v) is 7.97. The summed E-state index contributed by atoms with van der Waals surface area (Å²) >= 11 is 0. The summed E-state index contributed by atoms with van der Waals surface area (Å²) in [6, 6.07) is 5.30. The first kappa shape index (κ1) is 24.9. The second kappa shape index (κ2) is 10.2. The molecule has 1 aliphatic carbocycles. The van der Waals surface area contributed by atoms with E-state index in [0.29, 0.717) is 36.8 Å². The topological polar surface area (TPSA) is 129 Å². The van der Waals surface area contributed by atoms with Crippen molar-refractivity contribution in [1.82, 2.24) is 15.3 Å². The molecule has 2 aromatic heterocycles. The highest BCUT2D eigenvalue weighted by Gasteiger charge is 2.55. The van der Waals surface area contributed by atoms with Crippen molar-refractivity contribution in [3.8, 4) is 0 Å². The normalized spacial score (nSPS) is 16.9. The molecule has 0 spiro atoms. The average molecular weight is 501 g/mol. The Hall–Kier alpha value is -4.19. The van der Waals surface area contributed by atoms with Crippen LogP contribution in [0.5, 0.6) is 0 Å². The number of alkyl halides is 3. The lowest BCUT2D eigenvalue weighted by Crippen LogP contribution is -2.53. The molecule has 1 unspecified atom stereocenters. The number of amides is 1. The lowest BCUT2D eigenvalue weighted by atomic mass is 10.0. The van der Waals surface area contributed by atoms with E-state index in [0.717, 1.165) is 12.3 Å². The van der Waals surface area contributed by atoms with Crippen LogP contribution in [0.2, 0.25) is 0 Å². The molecule has 0 aromatic carbocycles. The minimum absolute atomic E-state index is 0.0864. The van der Waals surface area contributed by atoms with Crippen LogP contribution in [0.4, 0.5) is 19.0 Å². The summed E-state index contributed by atoms with van der Waals surface area (Å²) in [6.07, 6.45) is 3.12. The third-order valence-corrected chi connectivity index (χ3v) is 5.30. The van der Waals surface area contributed by atoms with Gasteiger partial charge in [0.2, 0.25) is 5.72 Å². The molecule has 1 aliphatic heterocycles. The maximum absolute atomic E-state index is 13.7. The van der Waals surface area contributed by atoms with Gasteiger partial charge in [-0.2, -0.15) is 13.2 Å². The number of hydrogen-bond acceptors (Lipinski definition) is 8. The Morgan fingerprint density at radius 3 is 2.56 bits per heavy atom. The molecule has 188 valence electrons. The van der Waals surface area contributed by atoms with Crippen molar-refractivity contribution in [1.29, 1.82) is 5.41 Å². The van der Waals surface area contributed by atoms with Gasteiger partial charge < -0.3 is 30.6 Å². The van der Waals surface area contributed by atoms with Crippen molar-refractivity contribution < 1.29 is 32.5 Å². The summed E-state index contributed by atoms with van der Waals surface area (Å²) < 4.78 is 52.3. The van der Waals surface area contributed by atoms with Crippen LogP contribution >= 0.6 is 0 Å². The highest BCUT2D eigenvalue weighted by atomic mass is 19.4. The van der Waals surface area contributed by atoms with Gasteiger partial charge in [0.15, 0.2) is 11.5 Å². The number of nitrogens with zero attached hydrogens (tertiary/aromatic N) is 2. The van der Waals surface area contributed by atoms with Gasteiger partial charge in [-0.3, -0.25) is 9.78 Å². The second-order valence-electron chi connectivity index (χ2n) is 7.97.